The second kappa shape index (κ2) is 7.82. The van der Waals surface area contributed by atoms with Crippen molar-refractivity contribution in [2.75, 3.05) is 26.6 Å². The van der Waals surface area contributed by atoms with Crippen molar-refractivity contribution in [3.8, 4) is 11.5 Å². The van der Waals surface area contributed by atoms with Gasteiger partial charge < -0.3 is 24.5 Å². The number of methoxy groups -OCH3 is 3. The molecule has 3 aromatic rings. The van der Waals surface area contributed by atoms with E-state index in [0.29, 0.717) is 34.7 Å². The molecule has 0 saturated heterocycles. The fraction of sp³-hybridized carbons (Fsp3) is 0.200. The number of fused-ring (bicyclic) bond motifs is 1. The first-order valence-corrected chi connectivity index (χ1v) is 8.26. The van der Waals surface area contributed by atoms with Gasteiger partial charge in [-0.25, -0.2) is 4.79 Å². The van der Waals surface area contributed by atoms with Crippen LogP contribution in [0.4, 0.5) is 5.69 Å². The van der Waals surface area contributed by atoms with Gasteiger partial charge in [-0.3, -0.25) is 4.79 Å². The molecule has 0 amide bonds. The molecule has 7 heteroatoms. The first-order chi connectivity index (χ1) is 13.0. The number of aromatic amines is 1. The largest absolute Gasteiger partial charge is 0.493 e. The standard InChI is InChI=1S/C20H20N2O5/c1-25-17-9-13-8-14(19(23)22-16(13)10-18(17)26-2)11-21-15-6-4-12(5-7-15)20(24)27-3/h4-10,21H,11H2,1-3H3,(H,22,23). The van der Waals surface area contributed by atoms with E-state index in [-0.39, 0.29) is 5.56 Å². The number of carbonyl (C=O) groups excluding carboxylic acids is 1. The molecule has 0 spiro atoms. The number of pyridine rings is 1. The normalized spacial score (nSPS) is 10.5. The van der Waals surface area contributed by atoms with Crippen LogP contribution in [0.25, 0.3) is 10.9 Å². The highest BCUT2D eigenvalue weighted by molar-refractivity contribution is 5.89. The predicted octanol–water partition coefficient (Wildman–Crippen LogP) is 2.94. The van der Waals surface area contributed by atoms with E-state index in [1.54, 1.807) is 44.6 Å². The van der Waals surface area contributed by atoms with Gasteiger partial charge in [-0.1, -0.05) is 0 Å². The summed E-state index contributed by atoms with van der Waals surface area (Å²) in [4.78, 5) is 26.7. The van der Waals surface area contributed by atoms with Gasteiger partial charge in [0.1, 0.15) is 0 Å². The van der Waals surface area contributed by atoms with Gasteiger partial charge in [0, 0.05) is 29.2 Å². The molecule has 0 bridgehead atoms. The van der Waals surface area contributed by atoms with Gasteiger partial charge in [0.25, 0.3) is 5.56 Å². The van der Waals surface area contributed by atoms with E-state index in [4.69, 9.17) is 9.47 Å². The number of carbonyl (C=O) groups is 1. The van der Waals surface area contributed by atoms with E-state index < -0.39 is 5.97 Å². The van der Waals surface area contributed by atoms with Crippen LogP contribution in [0.15, 0.2) is 47.3 Å². The van der Waals surface area contributed by atoms with Crippen LogP contribution in [0.1, 0.15) is 15.9 Å². The lowest BCUT2D eigenvalue weighted by molar-refractivity contribution is 0.0601. The number of esters is 1. The summed E-state index contributed by atoms with van der Waals surface area (Å²) < 4.78 is 15.2. The van der Waals surface area contributed by atoms with Crippen molar-refractivity contribution < 1.29 is 19.0 Å². The van der Waals surface area contributed by atoms with Crippen LogP contribution in [0.3, 0.4) is 0 Å². The number of anilines is 1. The van der Waals surface area contributed by atoms with E-state index in [1.807, 2.05) is 12.1 Å². The molecule has 0 aliphatic carbocycles. The van der Waals surface area contributed by atoms with Crippen molar-refractivity contribution in [2.45, 2.75) is 6.54 Å². The van der Waals surface area contributed by atoms with Crippen LogP contribution in [-0.4, -0.2) is 32.3 Å². The van der Waals surface area contributed by atoms with Gasteiger partial charge in [0.15, 0.2) is 11.5 Å². The van der Waals surface area contributed by atoms with Gasteiger partial charge in [-0.2, -0.15) is 0 Å². The molecule has 0 aliphatic heterocycles. The summed E-state index contributed by atoms with van der Waals surface area (Å²) in [6.07, 6.45) is 0. The summed E-state index contributed by atoms with van der Waals surface area (Å²) in [5.74, 6) is 0.753. The number of nitrogens with one attached hydrogen (secondary N) is 2. The molecule has 1 heterocycles. The van der Waals surface area contributed by atoms with Gasteiger partial charge in [-0.05, 0) is 36.4 Å². The highest BCUT2D eigenvalue weighted by atomic mass is 16.5. The third-order valence-corrected chi connectivity index (χ3v) is 4.21. The maximum Gasteiger partial charge on any atom is 0.337 e. The minimum Gasteiger partial charge on any atom is -0.493 e. The Bertz CT molecular complexity index is 1020. The van der Waals surface area contributed by atoms with E-state index in [0.717, 1.165) is 11.1 Å². The molecular formula is C20H20N2O5. The first kappa shape index (κ1) is 18.3. The van der Waals surface area contributed by atoms with Crippen molar-refractivity contribution >= 4 is 22.6 Å². The zero-order valence-electron chi connectivity index (χ0n) is 15.3. The molecule has 0 fully saturated rings. The third kappa shape index (κ3) is 3.87. The number of hydrogen-bond donors (Lipinski definition) is 2. The lowest BCUT2D eigenvalue weighted by atomic mass is 10.1. The molecule has 0 atom stereocenters. The Balaban J connectivity index is 1.83. The minimum absolute atomic E-state index is 0.187. The Kier molecular flexibility index (Phi) is 5.30. The average Bonchev–Trinajstić information content (AvgIpc) is 2.71. The zero-order chi connectivity index (χ0) is 19.4. The number of rotatable bonds is 6. The molecule has 2 aromatic carbocycles. The van der Waals surface area contributed by atoms with Gasteiger partial charge in [-0.15, -0.1) is 0 Å². The summed E-state index contributed by atoms with van der Waals surface area (Å²) >= 11 is 0. The average molecular weight is 368 g/mol. The molecule has 0 unspecified atom stereocenters. The van der Waals surface area contributed by atoms with E-state index in [1.165, 1.54) is 7.11 Å². The Morgan fingerprint density at radius 1 is 1.00 bits per heavy atom. The molecule has 27 heavy (non-hydrogen) atoms. The fourth-order valence-corrected chi connectivity index (χ4v) is 2.75. The Labute approximate surface area is 155 Å². The van der Waals surface area contributed by atoms with Crippen molar-refractivity contribution in [3.05, 3.63) is 63.9 Å². The van der Waals surface area contributed by atoms with Gasteiger partial charge in [0.05, 0.1) is 32.4 Å². The SMILES string of the molecule is COC(=O)c1ccc(NCc2cc3cc(OC)c(OC)cc3[nH]c2=O)cc1. The van der Waals surface area contributed by atoms with Crippen molar-refractivity contribution in [2.24, 2.45) is 0 Å². The number of hydrogen-bond acceptors (Lipinski definition) is 6. The Hall–Kier alpha value is -3.48. The highest BCUT2D eigenvalue weighted by Crippen LogP contribution is 2.31. The van der Waals surface area contributed by atoms with E-state index in [2.05, 4.69) is 15.0 Å². The molecule has 1 aromatic heterocycles. The topological polar surface area (TPSA) is 89.7 Å². The summed E-state index contributed by atoms with van der Waals surface area (Å²) in [6.45, 7) is 0.331. The Morgan fingerprint density at radius 3 is 2.30 bits per heavy atom. The third-order valence-electron chi connectivity index (χ3n) is 4.21. The molecule has 3 rings (SSSR count). The quantitative estimate of drug-likeness (QED) is 0.650. The lowest BCUT2D eigenvalue weighted by Crippen LogP contribution is -2.15. The molecule has 0 radical (unpaired) electrons. The van der Waals surface area contributed by atoms with Gasteiger partial charge >= 0.3 is 5.97 Å². The van der Waals surface area contributed by atoms with Crippen molar-refractivity contribution in [1.82, 2.24) is 4.98 Å². The number of H-pyrrole nitrogens is 1. The zero-order valence-corrected chi connectivity index (χ0v) is 15.3. The highest BCUT2D eigenvalue weighted by Gasteiger charge is 2.10. The van der Waals surface area contributed by atoms with Crippen LogP contribution >= 0.6 is 0 Å². The van der Waals surface area contributed by atoms with Crippen LogP contribution in [-0.2, 0) is 11.3 Å². The first-order valence-electron chi connectivity index (χ1n) is 8.26. The fourth-order valence-electron chi connectivity index (χ4n) is 2.75. The molecule has 0 saturated carbocycles. The number of benzene rings is 2. The van der Waals surface area contributed by atoms with Crippen molar-refractivity contribution in [1.29, 1.82) is 0 Å². The van der Waals surface area contributed by atoms with Crippen molar-refractivity contribution in [3.63, 3.8) is 0 Å². The van der Waals surface area contributed by atoms with E-state index in [9.17, 15) is 9.59 Å². The molecule has 2 N–H and O–H groups in total. The maximum absolute atomic E-state index is 12.4. The minimum atomic E-state index is -0.392. The smallest absolute Gasteiger partial charge is 0.337 e. The summed E-state index contributed by atoms with van der Waals surface area (Å²) in [5, 5.41) is 4.01. The van der Waals surface area contributed by atoms with Crippen LogP contribution in [0, 0.1) is 0 Å². The summed E-state index contributed by atoms with van der Waals surface area (Å²) in [5.41, 5.74) is 2.31. The van der Waals surface area contributed by atoms with Crippen LogP contribution in [0.2, 0.25) is 0 Å². The molecule has 7 nitrogen and oxygen atoms in total. The predicted molar refractivity (Wildman–Crippen MR) is 103 cm³/mol. The molecular weight excluding hydrogens is 348 g/mol. The molecule has 140 valence electrons. The summed E-state index contributed by atoms with van der Waals surface area (Å²) in [6, 6.07) is 12.2. The van der Waals surface area contributed by atoms with Crippen LogP contribution in [0.5, 0.6) is 11.5 Å². The van der Waals surface area contributed by atoms with Crippen LogP contribution < -0.4 is 20.3 Å². The molecule has 0 aliphatic rings. The lowest BCUT2D eigenvalue weighted by Gasteiger charge is -2.11. The van der Waals surface area contributed by atoms with E-state index >= 15 is 0 Å². The number of ether oxygens (including phenoxy) is 3. The van der Waals surface area contributed by atoms with Gasteiger partial charge in [0.2, 0.25) is 0 Å². The Morgan fingerprint density at radius 2 is 1.67 bits per heavy atom. The monoisotopic (exact) mass is 368 g/mol. The summed E-state index contributed by atoms with van der Waals surface area (Å²) in [7, 11) is 4.45. The maximum atomic E-state index is 12.4. The second-order valence-electron chi connectivity index (χ2n) is 5.84. The number of aromatic nitrogens is 1. The second-order valence-corrected chi connectivity index (χ2v) is 5.84.